The molecule has 17 heavy (non-hydrogen) atoms. The number of carbonyl (C=O) groups is 1. The number of nitrogens with one attached hydrogen (secondary N) is 1. The predicted molar refractivity (Wildman–Crippen MR) is 68.4 cm³/mol. The molecule has 1 fully saturated rings. The van der Waals surface area contributed by atoms with Crippen LogP contribution in [-0.2, 0) is 0 Å². The van der Waals surface area contributed by atoms with Gasteiger partial charge in [-0.3, -0.25) is 0 Å². The average Bonchev–Trinajstić information content (AvgIpc) is 2.32. The van der Waals surface area contributed by atoms with E-state index < -0.39 is 5.97 Å². The van der Waals surface area contributed by atoms with Gasteiger partial charge in [0.25, 0.3) is 0 Å². The summed E-state index contributed by atoms with van der Waals surface area (Å²) in [6.07, 6.45) is 4.89. The van der Waals surface area contributed by atoms with Crippen LogP contribution in [0.5, 0.6) is 0 Å². The third-order valence-corrected chi connectivity index (χ3v) is 3.61. The third-order valence-electron chi connectivity index (χ3n) is 3.61. The van der Waals surface area contributed by atoms with Crippen LogP contribution in [0, 0.1) is 5.92 Å². The Balaban J connectivity index is 2.14. The lowest BCUT2D eigenvalue weighted by molar-refractivity contribution is 0.0698. The normalized spacial score (nSPS) is 24.3. The molecule has 0 bridgehead atoms. The Morgan fingerprint density at radius 3 is 2.71 bits per heavy atom. The lowest BCUT2D eigenvalue weighted by atomic mass is 9.85. The third kappa shape index (κ3) is 2.78. The zero-order chi connectivity index (χ0) is 12.3. The van der Waals surface area contributed by atoms with Gasteiger partial charge in [-0.05, 0) is 30.9 Å². The number of benzene rings is 1. The Hall–Kier alpha value is -1.51. The van der Waals surface area contributed by atoms with Crippen LogP contribution in [0.2, 0.25) is 0 Å². The number of carboxylic acids is 1. The summed E-state index contributed by atoms with van der Waals surface area (Å²) in [5, 5.41) is 12.5. The fraction of sp³-hybridized carbons (Fsp3) is 0.500. The molecule has 1 aromatic carbocycles. The van der Waals surface area contributed by atoms with Gasteiger partial charge in [-0.1, -0.05) is 31.9 Å². The molecule has 1 saturated carbocycles. The van der Waals surface area contributed by atoms with Gasteiger partial charge in [0.2, 0.25) is 0 Å². The van der Waals surface area contributed by atoms with Crippen LogP contribution in [0.15, 0.2) is 24.3 Å². The molecule has 3 heteroatoms. The van der Waals surface area contributed by atoms with Crippen molar-refractivity contribution in [3.05, 3.63) is 29.8 Å². The maximum Gasteiger partial charge on any atom is 0.337 e. The van der Waals surface area contributed by atoms with Crippen LogP contribution in [0.4, 0.5) is 5.69 Å². The molecular formula is C14H19NO2. The van der Waals surface area contributed by atoms with Gasteiger partial charge in [0.05, 0.1) is 5.56 Å². The molecule has 0 aromatic heterocycles. The van der Waals surface area contributed by atoms with E-state index in [2.05, 4.69) is 12.2 Å². The molecule has 0 aliphatic heterocycles. The Bertz CT molecular complexity index is 403. The average molecular weight is 233 g/mol. The van der Waals surface area contributed by atoms with E-state index in [1.54, 1.807) is 12.1 Å². The minimum Gasteiger partial charge on any atom is -0.478 e. The second-order valence-electron chi connectivity index (χ2n) is 4.86. The highest BCUT2D eigenvalue weighted by Crippen LogP contribution is 2.27. The summed E-state index contributed by atoms with van der Waals surface area (Å²) >= 11 is 0. The highest BCUT2D eigenvalue weighted by molar-refractivity contribution is 5.94. The molecule has 0 spiro atoms. The van der Waals surface area contributed by atoms with Gasteiger partial charge < -0.3 is 10.4 Å². The summed E-state index contributed by atoms with van der Waals surface area (Å²) in [7, 11) is 0. The molecule has 0 heterocycles. The van der Waals surface area contributed by atoms with Gasteiger partial charge >= 0.3 is 5.97 Å². The highest BCUT2D eigenvalue weighted by atomic mass is 16.4. The first-order chi connectivity index (χ1) is 8.18. The van der Waals surface area contributed by atoms with E-state index in [-0.39, 0.29) is 0 Å². The zero-order valence-corrected chi connectivity index (χ0v) is 10.1. The van der Waals surface area contributed by atoms with Crippen molar-refractivity contribution in [2.45, 2.75) is 38.6 Å². The van der Waals surface area contributed by atoms with Crippen LogP contribution >= 0.6 is 0 Å². The van der Waals surface area contributed by atoms with Crippen molar-refractivity contribution in [1.82, 2.24) is 0 Å². The van der Waals surface area contributed by atoms with Crippen molar-refractivity contribution >= 4 is 11.7 Å². The predicted octanol–water partition coefficient (Wildman–Crippen LogP) is 3.38. The number of para-hydroxylation sites is 1. The van der Waals surface area contributed by atoms with Gasteiger partial charge in [-0.15, -0.1) is 0 Å². The highest BCUT2D eigenvalue weighted by Gasteiger charge is 2.22. The van der Waals surface area contributed by atoms with Crippen molar-refractivity contribution in [2.75, 3.05) is 5.32 Å². The van der Waals surface area contributed by atoms with E-state index in [4.69, 9.17) is 5.11 Å². The van der Waals surface area contributed by atoms with E-state index in [0.29, 0.717) is 17.5 Å². The van der Waals surface area contributed by atoms with Crippen LogP contribution in [-0.4, -0.2) is 17.1 Å². The van der Waals surface area contributed by atoms with Crippen LogP contribution in [0.1, 0.15) is 43.0 Å². The quantitative estimate of drug-likeness (QED) is 0.841. The molecule has 0 saturated heterocycles. The van der Waals surface area contributed by atoms with Crippen molar-refractivity contribution in [1.29, 1.82) is 0 Å². The van der Waals surface area contributed by atoms with E-state index in [9.17, 15) is 4.79 Å². The Morgan fingerprint density at radius 1 is 1.29 bits per heavy atom. The number of carboxylic acid groups (broad SMARTS) is 1. The summed E-state index contributed by atoms with van der Waals surface area (Å²) in [6, 6.07) is 7.55. The minimum absolute atomic E-state index is 0.366. The number of rotatable bonds is 3. The van der Waals surface area contributed by atoms with Crippen LogP contribution < -0.4 is 5.32 Å². The van der Waals surface area contributed by atoms with Crippen molar-refractivity contribution in [3.8, 4) is 0 Å². The number of anilines is 1. The SMILES string of the molecule is CC1CCCCC1Nc1ccccc1C(=O)O. The molecule has 92 valence electrons. The number of aromatic carboxylic acids is 1. The Labute approximate surface area is 102 Å². The maximum absolute atomic E-state index is 11.1. The molecule has 1 aliphatic rings. The first kappa shape index (κ1) is 12.0. The molecule has 2 unspecified atom stereocenters. The first-order valence-corrected chi connectivity index (χ1v) is 6.27. The fourth-order valence-electron chi connectivity index (χ4n) is 2.53. The maximum atomic E-state index is 11.1. The van der Waals surface area contributed by atoms with E-state index >= 15 is 0 Å². The molecular weight excluding hydrogens is 214 g/mol. The first-order valence-electron chi connectivity index (χ1n) is 6.27. The van der Waals surface area contributed by atoms with Crippen LogP contribution in [0.25, 0.3) is 0 Å². The van der Waals surface area contributed by atoms with E-state index in [0.717, 1.165) is 12.1 Å². The lowest BCUT2D eigenvalue weighted by Crippen LogP contribution is -2.30. The molecule has 1 aromatic rings. The second-order valence-corrected chi connectivity index (χ2v) is 4.86. The van der Waals surface area contributed by atoms with Gasteiger partial charge in [0.15, 0.2) is 0 Å². The van der Waals surface area contributed by atoms with Gasteiger partial charge in [0.1, 0.15) is 0 Å². The van der Waals surface area contributed by atoms with Crippen molar-refractivity contribution in [2.24, 2.45) is 5.92 Å². The van der Waals surface area contributed by atoms with E-state index in [1.807, 2.05) is 12.1 Å². The fourth-order valence-corrected chi connectivity index (χ4v) is 2.53. The van der Waals surface area contributed by atoms with Crippen molar-refractivity contribution in [3.63, 3.8) is 0 Å². The topological polar surface area (TPSA) is 49.3 Å². The molecule has 2 atom stereocenters. The largest absolute Gasteiger partial charge is 0.478 e. The summed E-state index contributed by atoms with van der Waals surface area (Å²) in [5.74, 6) is -0.248. The minimum atomic E-state index is -0.864. The molecule has 1 aliphatic carbocycles. The number of hydrogen-bond donors (Lipinski definition) is 2. The molecule has 2 rings (SSSR count). The molecule has 2 N–H and O–H groups in total. The zero-order valence-electron chi connectivity index (χ0n) is 10.1. The lowest BCUT2D eigenvalue weighted by Gasteiger charge is -2.30. The van der Waals surface area contributed by atoms with Crippen LogP contribution in [0.3, 0.4) is 0 Å². The van der Waals surface area contributed by atoms with Gasteiger partial charge in [0, 0.05) is 11.7 Å². The monoisotopic (exact) mass is 233 g/mol. The molecule has 3 nitrogen and oxygen atoms in total. The number of hydrogen-bond acceptors (Lipinski definition) is 2. The molecule has 0 radical (unpaired) electrons. The second kappa shape index (κ2) is 5.21. The summed E-state index contributed by atoms with van der Waals surface area (Å²) in [5.41, 5.74) is 1.11. The van der Waals surface area contributed by atoms with Gasteiger partial charge in [-0.25, -0.2) is 4.79 Å². The summed E-state index contributed by atoms with van der Waals surface area (Å²) in [4.78, 5) is 11.1. The smallest absolute Gasteiger partial charge is 0.337 e. The Morgan fingerprint density at radius 2 is 2.00 bits per heavy atom. The Kier molecular flexibility index (Phi) is 3.67. The summed E-state index contributed by atoms with van der Waals surface area (Å²) in [6.45, 7) is 2.24. The van der Waals surface area contributed by atoms with Crippen molar-refractivity contribution < 1.29 is 9.90 Å². The standard InChI is InChI=1S/C14H19NO2/c1-10-6-2-4-8-12(10)15-13-9-5-3-7-11(13)14(16)17/h3,5,7,9-10,12,15H,2,4,6,8H2,1H3,(H,16,17). The van der Waals surface area contributed by atoms with E-state index in [1.165, 1.54) is 19.3 Å². The summed E-state index contributed by atoms with van der Waals surface area (Å²) < 4.78 is 0. The van der Waals surface area contributed by atoms with Gasteiger partial charge in [-0.2, -0.15) is 0 Å². The molecule has 0 amide bonds.